The average Bonchev–Trinajstić information content (AvgIpc) is 3.30. The van der Waals surface area contributed by atoms with Gasteiger partial charge in [-0.25, -0.2) is 4.79 Å². The smallest absolute Gasteiger partial charge is 0.409 e. The lowest BCUT2D eigenvalue weighted by Gasteiger charge is -2.31. The summed E-state index contributed by atoms with van der Waals surface area (Å²) in [6.45, 7) is 24.9. The lowest BCUT2D eigenvalue weighted by Crippen LogP contribution is -2.22. The minimum Gasteiger partial charge on any atom is -0.465 e. The third kappa shape index (κ3) is 15.5. The average molecular weight is 837 g/mol. The van der Waals surface area contributed by atoms with Crippen molar-refractivity contribution in [1.82, 2.24) is 5.32 Å². The molecular weight excluding hydrogens is 769 g/mol. The van der Waals surface area contributed by atoms with E-state index in [4.69, 9.17) is 0 Å². The lowest BCUT2D eigenvalue weighted by molar-refractivity contribution is 0.199. The van der Waals surface area contributed by atoms with Gasteiger partial charge in [-0.05, 0) is 88.8 Å². The number of allylic oxidation sites excluding steroid dienone is 12. The molecule has 0 fully saturated rings. The summed E-state index contributed by atoms with van der Waals surface area (Å²) in [5.74, 6) is 0.116. The monoisotopic (exact) mass is 837 g/mol. The summed E-state index contributed by atoms with van der Waals surface area (Å²) in [6.07, 6.45) is 18.1. The highest BCUT2D eigenvalue weighted by Crippen LogP contribution is 2.41. The summed E-state index contributed by atoms with van der Waals surface area (Å²) in [5.41, 5.74) is 12.6. The number of nitrogens with one attached hydrogen (secondary N) is 2. The van der Waals surface area contributed by atoms with Gasteiger partial charge in [-0.2, -0.15) is 0 Å². The second-order valence-corrected chi connectivity index (χ2v) is 15.6. The Balaban J connectivity index is 0.000000282. The fourth-order valence-corrected chi connectivity index (χ4v) is 7.31. The Labute approximate surface area is 379 Å². The molecule has 0 bridgehead atoms. The summed E-state index contributed by atoms with van der Waals surface area (Å²) in [5, 5.41) is 15.5. The first-order valence-electron chi connectivity index (χ1n) is 21.8. The van der Waals surface area contributed by atoms with Crippen molar-refractivity contribution in [3.8, 4) is 0 Å². The minimum atomic E-state index is -1.06. The third-order valence-corrected chi connectivity index (χ3v) is 10.8. The van der Waals surface area contributed by atoms with Gasteiger partial charge in [-0.1, -0.05) is 236 Å². The van der Waals surface area contributed by atoms with Crippen LogP contribution in [0.15, 0.2) is 219 Å². The van der Waals surface area contributed by atoms with Crippen LogP contribution in [0, 0.1) is 12.8 Å². The van der Waals surface area contributed by atoms with E-state index < -0.39 is 6.09 Å². The summed E-state index contributed by atoms with van der Waals surface area (Å²) in [4.78, 5) is 11.6. The molecule has 0 aliphatic carbocycles. The fourth-order valence-electron chi connectivity index (χ4n) is 7.31. The summed E-state index contributed by atoms with van der Waals surface area (Å²) < 4.78 is 0. The first kappa shape index (κ1) is 50.4. The zero-order valence-electron chi connectivity index (χ0n) is 38.6. The van der Waals surface area contributed by atoms with Gasteiger partial charge in [0.2, 0.25) is 0 Å². The van der Waals surface area contributed by atoms with E-state index in [1.165, 1.54) is 24.0 Å². The molecule has 1 amide bonds. The highest BCUT2D eigenvalue weighted by Gasteiger charge is 2.28. The van der Waals surface area contributed by atoms with Gasteiger partial charge in [-0.3, -0.25) is 5.32 Å². The van der Waals surface area contributed by atoms with Crippen LogP contribution in [-0.4, -0.2) is 18.2 Å². The van der Waals surface area contributed by atoms with Crippen LogP contribution in [0.4, 0.5) is 10.5 Å². The molecule has 0 saturated heterocycles. The SMILES string of the molecule is C=C/C=C(C(=C)C(C)(C)c1ccccc1)\C(=C/C)c1ccccc1NC.C=C/C=C/C=C/CCC.Cc1ccccc1/C(=C(/NC(=O)O)c1ccccc1)C(C)Cc1ccccc1. The Morgan fingerprint density at radius 3 is 1.89 bits per heavy atom. The number of hydrogen-bond acceptors (Lipinski definition) is 2. The number of benzene rings is 5. The van der Waals surface area contributed by atoms with E-state index in [2.05, 4.69) is 157 Å². The van der Waals surface area contributed by atoms with Gasteiger partial charge in [0.25, 0.3) is 0 Å². The molecule has 63 heavy (non-hydrogen) atoms. The van der Waals surface area contributed by atoms with Crippen LogP contribution < -0.4 is 10.6 Å². The third-order valence-electron chi connectivity index (χ3n) is 10.8. The second kappa shape index (κ2) is 27.1. The highest BCUT2D eigenvalue weighted by molar-refractivity contribution is 5.96. The molecule has 4 heteroatoms. The Morgan fingerprint density at radius 2 is 1.33 bits per heavy atom. The second-order valence-electron chi connectivity index (χ2n) is 15.6. The van der Waals surface area contributed by atoms with Crippen molar-refractivity contribution in [1.29, 1.82) is 0 Å². The molecule has 4 nitrogen and oxygen atoms in total. The number of carboxylic acid groups (broad SMARTS) is 1. The van der Waals surface area contributed by atoms with E-state index in [1.807, 2.05) is 104 Å². The van der Waals surface area contributed by atoms with Crippen LogP contribution in [0.5, 0.6) is 0 Å². The Hall–Kier alpha value is -6.91. The topological polar surface area (TPSA) is 61.4 Å². The molecular formula is C59H68N2O2. The van der Waals surface area contributed by atoms with Gasteiger partial charge in [-0.15, -0.1) is 0 Å². The predicted molar refractivity (Wildman–Crippen MR) is 275 cm³/mol. The quantitative estimate of drug-likeness (QED) is 0.0646. The fraction of sp³-hybridized carbons (Fsp3) is 0.203. The van der Waals surface area contributed by atoms with E-state index in [1.54, 1.807) is 6.08 Å². The van der Waals surface area contributed by atoms with Crippen molar-refractivity contribution in [2.24, 2.45) is 5.92 Å². The molecule has 5 aromatic carbocycles. The number of rotatable bonds is 17. The molecule has 3 N–H and O–H groups in total. The molecule has 0 aliphatic heterocycles. The van der Waals surface area contributed by atoms with Gasteiger partial charge in [0.1, 0.15) is 0 Å². The zero-order chi connectivity index (χ0) is 46.0. The van der Waals surface area contributed by atoms with Crippen molar-refractivity contribution in [2.45, 2.75) is 66.2 Å². The van der Waals surface area contributed by atoms with Crippen molar-refractivity contribution >= 4 is 28.6 Å². The van der Waals surface area contributed by atoms with Crippen molar-refractivity contribution in [2.75, 3.05) is 12.4 Å². The number of hydrogen-bond donors (Lipinski definition) is 3. The zero-order valence-corrected chi connectivity index (χ0v) is 38.6. The largest absolute Gasteiger partial charge is 0.465 e. The Kier molecular flexibility index (Phi) is 21.7. The summed E-state index contributed by atoms with van der Waals surface area (Å²) >= 11 is 0. The molecule has 1 atom stereocenters. The minimum absolute atomic E-state index is 0.116. The number of amides is 1. The molecule has 0 saturated carbocycles. The molecule has 0 aliphatic rings. The van der Waals surface area contributed by atoms with E-state index in [9.17, 15) is 9.90 Å². The number of aryl methyl sites for hydroxylation is 1. The molecule has 0 heterocycles. The predicted octanol–water partition coefficient (Wildman–Crippen LogP) is 15.9. The standard InChI is InChI=1S/C25H25NO2.C25H29N.C9H14/c1-18-11-9-10-16-22(18)23(19(2)17-20-12-5-3-6-13-20)24(26-25(27)28)21-14-7-4-8-15-21;1-7-14-22(19(3)25(4,5)20-15-10-9-11-16-20)21(8-2)23-17-12-13-18-24(23)26-6;1-3-5-7-9-8-6-4-2/h3-16,19,26H,17H2,1-2H3,(H,27,28);7-18,26H,1,3H2,2,4-6H3;3,5,7-9H,1,4,6H2,2H3/b24-23+;21-8+,22-14-;7-5+,9-8+. The first-order chi connectivity index (χ1) is 30.4. The highest BCUT2D eigenvalue weighted by atomic mass is 16.4. The Bertz CT molecular complexity index is 2360. The van der Waals surface area contributed by atoms with E-state index >= 15 is 0 Å². The number of unbranched alkanes of at least 4 members (excludes halogenated alkanes) is 1. The van der Waals surface area contributed by atoms with E-state index in [0.29, 0.717) is 5.70 Å². The van der Waals surface area contributed by atoms with Crippen molar-refractivity contribution in [3.05, 3.63) is 252 Å². The summed E-state index contributed by atoms with van der Waals surface area (Å²) in [6, 6.07) is 47.0. The van der Waals surface area contributed by atoms with Crippen molar-refractivity contribution in [3.63, 3.8) is 0 Å². The summed E-state index contributed by atoms with van der Waals surface area (Å²) in [7, 11) is 1.95. The van der Waals surface area contributed by atoms with Crippen LogP contribution in [0.3, 0.4) is 0 Å². The van der Waals surface area contributed by atoms with E-state index in [-0.39, 0.29) is 11.3 Å². The normalized spacial score (nSPS) is 12.5. The number of carbonyl (C=O) groups is 1. The number of para-hydroxylation sites is 1. The van der Waals surface area contributed by atoms with Gasteiger partial charge >= 0.3 is 6.09 Å². The van der Waals surface area contributed by atoms with Crippen LogP contribution in [0.25, 0.3) is 16.8 Å². The maximum atomic E-state index is 11.6. The molecule has 5 rings (SSSR count). The lowest BCUT2D eigenvalue weighted by atomic mass is 9.73. The van der Waals surface area contributed by atoms with Crippen LogP contribution in [-0.2, 0) is 11.8 Å². The molecule has 0 aromatic heterocycles. The molecule has 326 valence electrons. The van der Waals surface area contributed by atoms with E-state index in [0.717, 1.165) is 56.7 Å². The van der Waals surface area contributed by atoms with Crippen LogP contribution in [0.2, 0.25) is 0 Å². The first-order valence-corrected chi connectivity index (χ1v) is 21.8. The van der Waals surface area contributed by atoms with Gasteiger partial charge < -0.3 is 10.4 Å². The molecule has 1 unspecified atom stereocenters. The molecule has 5 aromatic rings. The number of anilines is 1. The van der Waals surface area contributed by atoms with Gasteiger partial charge in [0, 0.05) is 23.7 Å². The van der Waals surface area contributed by atoms with Gasteiger partial charge in [0.05, 0.1) is 5.70 Å². The molecule has 0 spiro atoms. The van der Waals surface area contributed by atoms with Crippen LogP contribution >= 0.6 is 0 Å². The van der Waals surface area contributed by atoms with Crippen LogP contribution in [0.1, 0.15) is 80.8 Å². The van der Waals surface area contributed by atoms with Gasteiger partial charge in [0.15, 0.2) is 0 Å². The maximum absolute atomic E-state index is 11.6. The van der Waals surface area contributed by atoms with Crippen molar-refractivity contribution < 1.29 is 9.90 Å². The molecule has 0 radical (unpaired) electrons. The Morgan fingerprint density at radius 1 is 0.762 bits per heavy atom. The maximum Gasteiger partial charge on any atom is 0.409 e.